The summed E-state index contributed by atoms with van der Waals surface area (Å²) in [5, 5.41) is 4.25. The summed E-state index contributed by atoms with van der Waals surface area (Å²) in [6, 6.07) is 7.66. The fourth-order valence-corrected chi connectivity index (χ4v) is 3.79. The molecule has 0 aliphatic carbocycles. The van der Waals surface area contributed by atoms with Gasteiger partial charge >= 0.3 is 0 Å². The van der Waals surface area contributed by atoms with Gasteiger partial charge in [-0.05, 0) is 43.5 Å². The molecule has 23 heavy (non-hydrogen) atoms. The SMILES string of the molecule is Cn1nccc1C1CCCCN1C(=O)c1ccc2nsnc2c1. The predicted molar refractivity (Wildman–Crippen MR) is 88.3 cm³/mol. The molecule has 4 rings (SSSR count). The van der Waals surface area contributed by atoms with E-state index in [4.69, 9.17) is 0 Å². The molecular formula is C16H17N5OS. The van der Waals surface area contributed by atoms with Crippen LogP contribution < -0.4 is 0 Å². The largest absolute Gasteiger partial charge is 0.330 e. The highest BCUT2D eigenvalue weighted by Crippen LogP contribution is 2.32. The van der Waals surface area contributed by atoms with Crippen molar-refractivity contribution >= 4 is 28.7 Å². The van der Waals surface area contributed by atoms with Crippen LogP contribution in [0.4, 0.5) is 0 Å². The minimum absolute atomic E-state index is 0.0609. The van der Waals surface area contributed by atoms with E-state index in [-0.39, 0.29) is 11.9 Å². The Hall–Kier alpha value is -2.28. The summed E-state index contributed by atoms with van der Waals surface area (Å²) in [4.78, 5) is 15.0. The van der Waals surface area contributed by atoms with E-state index in [0.29, 0.717) is 5.56 Å². The second-order valence-corrected chi connectivity index (χ2v) is 6.39. The number of piperidine rings is 1. The third-order valence-electron chi connectivity index (χ3n) is 4.46. The Morgan fingerprint density at radius 3 is 2.91 bits per heavy atom. The fraction of sp³-hybridized carbons (Fsp3) is 0.375. The topological polar surface area (TPSA) is 63.9 Å². The summed E-state index contributed by atoms with van der Waals surface area (Å²) in [7, 11) is 1.93. The van der Waals surface area contributed by atoms with Crippen molar-refractivity contribution in [3.63, 3.8) is 0 Å². The van der Waals surface area contributed by atoms with Crippen LogP contribution in [0.1, 0.15) is 41.4 Å². The Morgan fingerprint density at radius 1 is 1.22 bits per heavy atom. The van der Waals surface area contributed by atoms with Gasteiger partial charge in [-0.1, -0.05) is 0 Å². The van der Waals surface area contributed by atoms with Crippen LogP contribution in [-0.4, -0.2) is 35.9 Å². The number of carbonyl (C=O) groups is 1. The molecule has 6 nitrogen and oxygen atoms in total. The van der Waals surface area contributed by atoms with E-state index in [1.807, 2.05) is 40.9 Å². The van der Waals surface area contributed by atoms with Crippen LogP contribution in [-0.2, 0) is 7.05 Å². The van der Waals surface area contributed by atoms with Gasteiger partial charge in [-0.2, -0.15) is 13.8 Å². The summed E-state index contributed by atoms with van der Waals surface area (Å²) in [5.41, 5.74) is 3.40. The molecule has 0 spiro atoms. The van der Waals surface area contributed by atoms with E-state index in [1.165, 1.54) is 11.7 Å². The number of hydrogen-bond acceptors (Lipinski definition) is 5. The average Bonchev–Trinajstić information content (AvgIpc) is 3.22. The summed E-state index contributed by atoms with van der Waals surface area (Å²) in [5.74, 6) is 0.0609. The van der Waals surface area contributed by atoms with Crippen molar-refractivity contribution in [3.05, 3.63) is 41.7 Å². The zero-order valence-electron chi connectivity index (χ0n) is 12.8. The van der Waals surface area contributed by atoms with Crippen LogP contribution >= 0.6 is 11.7 Å². The molecule has 3 aromatic rings. The maximum absolute atomic E-state index is 13.0. The monoisotopic (exact) mass is 327 g/mol. The van der Waals surface area contributed by atoms with Crippen LogP contribution in [0, 0.1) is 0 Å². The van der Waals surface area contributed by atoms with Gasteiger partial charge in [0.1, 0.15) is 11.0 Å². The Bertz CT molecular complexity index is 855. The van der Waals surface area contributed by atoms with Crippen molar-refractivity contribution in [2.45, 2.75) is 25.3 Å². The normalized spacial score (nSPS) is 18.5. The summed E-state index contributed by atoms with van der Waals surface area (Å²) >= 11 is 1.17. The van der Waals surface area contributed by atoms with Gasteiger partial charge in [0.15, 0.2) is 0 Å². The third-order valence-corrected chi connectivity index (χ3v) is 5.02. The fourth-order valence-electron chi connectivity index (χ4n) is 3.27. The van der Waals surface area contributed by atoms with Crippen LogP contribution in [0.15, 0.2) is 30.5 Å². The van der Waals surface area contributed by atoms with Gasteiger partial charge in [0.2, 0.25) is 0 Å². The lowest BCUT2D eigenvalue weighted by Crippen LogP contribution is -2.39. The minimum atomic E-state index is 0.0609. The molecule has 1 aromatic carbocycles. The number of likely N-dealkylation sites (tertiary alicyclic amines) is 1. The van der Waals surface area contributed by atoms with Crippen molar-refractivity contribution in [1.82, 2.24) is 23.4 Å². The van der Waals surface area contributed by atoms with Crippen molar-refractivity contribution in [2.24, 2.45) is 7.05 Å². The van der Waals surface area contributed by atoms with Crippen LogP contribution in [0.2, 0.25) is 0 Å². The number of amides is 1. The molecule has 3 heterocycles. The van der Waals surface area contributed by atoms with Gasteiger partial charge in [-0.3, -0.25) is 9.48 Å². The Kier molecular flexibility index (Phi) is 3.57. The van der Waals surface area contributed by atoms with Crippen LogP contribution in [0.5, 0.6) is 0 Å². The zero-order chi connectivity index (χ0) is 15.8. The molecule has 1 unspecified atom stereocenters. The van der Waals surface area contributed by atoms with Crippen LogP contribution in [0.3, 0.4) is 0 Å². The molecule has 1 fully saturated rings. The quantitative estimate of drug-likeness (QED) is 0.726. The highest BCUT2D eigenvalue weighted by molar-refractivity contribution is 7.00. The molecule has 118 valence electrons. The van der Waals surface area contributed by atoms with Crippen molar-refractivity contribution in [2.75, 3.05) is 6.54 Å². The second kappa shape index (κ2) is 5.73. The molecule has 1 atom stereocenters. The molecule has 0 bridgehead atoms. The number of aryl methyl sites for hydroxylation is 1. The molecule has 1 saturated heterocycles. The number of carbonyl (C=O) groups excluding carboxylic acids is 1. The van der Waals surface area contributed by atoms with E-state index >= 15 is 0 Å². The van der Waals surface area contributed by atoms with E-state index in [1.54, 1.807) is 6.20 Å². The van der Waals surface area contributed by atoms with Crippen molar-refractivity contribution in [1.29, 1.82) is 0 Å². The van der Waals surface area contributed by atoms with Gasteiger partial charge in [-0.25, -0.2) is 0 Å². The first-order valence-corrected chi connectivity index (χ1v) is 8.48. The van der Waals surface area contributed by atoms with E-state index in [9.17, 15) is 4.79 Å². The van der Waals surface area contributed by atoms with Gasteiger partial charge in [0.25, 0.3) is 5.91 Å². The summed E-state index contributed by atoms with van der Waals surface area (Å²) in [6.07, 6.45) is 4.95. The highest BCUT2D eigenvalue weighted by atomic mass is 32.1. The Balaban J connectivity index is 1.68. The minimum Gasteiger partial charge on any atom is -0.330 e. The maximum atomic E-state index is 13.0. The smallest absolute Gasteiger partial charge is 0.254 e. The molecule has 1 aliphatic rings. The molecule has 1 amide bonds. The third kappa shape index (κ3) is 2.50. The average molecular weight is 327 g/mol. The molecular weight excluding hydrogens is 310 g/mol. The van der Waals surface area contributed by atoms with Crippen LogP contribution in [0.25, 0.3) is 11.0 Å². The van der Waals surface area contributed by atoms with E-state index < -0.39 is 0 Å². The molecule has 0 radical (unpaired) electrons. The summed E-state index contributed by atoms with van der Waals surface area (Å²) in [6.45, 7) is 0.780. The van der Waals surface area contributed by atoms with Gasteiger partial charge in [-0.15, -0.1) is 0 Å². The van der Waals surface area contributed by atoms with Gasteiger partial charge < -0.3 is 4.90 Å². The maximum Gasteiger partial charge on any atom is 0.254 e. The first-order chi connectivity index (χ1) is 11.2. The number of fused-ring (bicyclic) bond motifs is 1. The molecule has 0 saturated carbocycles. The first kappa shape index (κ1) is 14.3. The lowest BCUT2D eigenvalue weighted by Gasteiger charge is -2.35. The zero-order valence-corrected chi connectivity index (χ0v) is 13.7. The molecule has 2 aromatic heterocycles. The van der Waals surface area contributed by atoms with E-state index in [2.05, 4.69) is 13.8 Å². The van der Waals surface area contributed by atoms with Crippen molar-refractivity contribution in [3.8, 4) is 0 Å². The summed E-state index contributed by atoms with van der Waals surface area (Å²) < 4.78 is 10.3. The Morgan fingerprint density at radius 2 is 2.09 bits per heavy atom. The van der Waals surface area contributed by atoms with Gasteiger partial charge in [0.05, 0.1) is 23.5 Å². The predicted octanol–water partition coefficient (Wildman–Crippen LogP) is 2.79. The molecule has 0 N–H and O–H groups in total. The Labute approximate surface area is 138 Å². The van der Waals surface area contributed by atoms with Crippen molar-refractivity contribution < 1.29 is 4.79 Å². The highest BCUT2D eigenvalue weighted by Gasteiger charge is 2.30. The lowest BCUT2D eigenvalue weighted by molar-refractivity contribution is 0.0601. The molecule has 1 aliphatic heterocycles. The number of nitrogens with zero attached hydrogens (tertiary/aromatic N) is 5. The standard InChI is InChI=1S/C16H17N5OS/c1-20-14(7-8-17-20)15-4-2-3-9-21(15)16(22)11-5-6-12-13(10-11)19-23-18-12/h5-8,10,15H,2-4,9H2,1H3. The van der Waals surface area contributed by atoms with E-state index in [0.717, 1.165) is 42.5 Å². The number of rotatable bonds is 2. The molecule has 7 heteroatoms. The lowest BCUT2D eigenvalue weighted by atomic mass is 9.98. The number of aromatic nitrogens is 4. The first-order valence-electron chi connectivity index (χ1n) is 7.75. The second-order valence-electron chi connectivity index (χ2n) is 5.86. The number of benzene rings is 1. The number of hydrogen-bond donors (Lipinski definition) is 0. The van der Waals surface area contributed by atoms with Gasteiger partial charge in [0, 0.05) is 25.4 Å².